The van der Waals surface area contributed by atoms with Gasteiger partial charge in [0.15, 0.2) is 5.76 Å². The minimum Gasteiger partial charge on any atom is -0.490 e. The molecule has 0 unspecified atom stereocenters. The third kappa shape index (κ3) is 3.49. The molecule has 8 nitrogen and oxygen atoms in total. The number of nitrogens with one attached hydrogen (secondary N) is 1. The minimum atomic E-state index is -0.345. The standard InChI is InChI=1S/C19H24N4O4/c1-12-15(21-11-20-12)9-22-6-13-3-4-14(8-22)23(7-13)19(25)17-5-16(24)18(26-2)10-27-17/h5,10-11,13-14H,3-4,6-9H2,1-2H3,(H,20,21)/t13-,14+/m1/s1. The Balaban J connectivity index is 1.52. The van der Waals surface area contributed by atoms with E-state index in [1.807, 2.05) is 11.8 Å². The van der Waals surface area contributed by atoms with Crippen LogP contribution in [0.4, 0.5) is 0 Å². The van der Waals surface area contributed by atoms with Crippen molar-refractivity contribution in [1.29, 1.82) is 0 Å². The molecule has 8 heteroatoms. The van der Waals surface area contributed by atoms with Crippen LogP contribution in [0.2, 0.25) is 0 Å². The van der Waals surface area contributed by atoms with E-state index in [2.05, 4.69) is 14.9 Å². The van der Waals surface area contributed by atoms with Crippen molar-refractivity contribution in [3.05, 3.63) is 46.0 Å². The summed E-state index contributed by atoms with van der Waals surface area (Å²) in [7, 11) is 1.40. The van der Waals surface area contributed by atoms with Crippen molar-refractivity contribution in [2.45, 2.75) is 32.4 Å². The lowest BCUT2D eigenvalue weighted by molar-refractivity contribution is 0.0549. The number of fused-ring (bicyclic) bond motifs is 4. The van der Waals surface area contributed by atoms with Gasteiger partial charge in [0.25, 0.3) is 5.91 Å². The number of amides is 1. The van der Waals surface area contributed by atoms with Gasteiger partial charge < -0.3 is 19.0 Å². The van der Waals surface area contributed by atoms with Crippen LogP contribution < -0.4 is 10.2 Å². The molecule has 0 saturated carbocycles. The first-order valence-corrected chi connectivity index (χ1v) is 9.24. The van der Waals surface area contributed by atoms with E-state index in [-0.39, 0.29) is 28.9 Å². The number of imidazole rings is 1. The summed E-state index contributed by atoms with van der Waals surface area (Å²) in [5.41, 5.74) is 1.79. The number of aryl methyl sites for hydroxylation is 1. The number of hydrogen-bond acceptors (Lipinski definition) is 6. The summed E-state index contributed by atoms with van der Waals surface area (Å²) in [6.45, 7) is 5.24. The maximum Gasteiger partial charge on any atom is 0.290 e. The van der Waals surface area contributed by atoms with Gasteiger partial charge in [-0.05, 0) is 25.7 Å². The predicted molar refractivity (Wildman–Crippen MR) is 97.7 cm³/mol. The zero-order valence-corrected chi connectivity index (χ0v) is 15.6. The van der Waals surface area contributed by atoms with Crippen molar-refractivity contribution in [3.8, 4) is 5.75 Å². The monoisotopic (exact) mass is 372 g/mol. The fourth-order valence-corrected chi connectivity index (χ4v) is 4.12. The molecule has 27 heavy (non-hydrogen) atoms. The predicted octanol–water partition coefficient (Wildman–Crippen LogP) is 1.42. The van der Waals surface area contributed by atoms with Crippen LogP contribution >= 0.6 is 0 Å². The topological polar surface area (TPSA) is 91.7 Å². The highest BCUT2D eigenvalue weighted by Crippen LogP contribution is 2.30. The van der Waals surface area contributed by atoms with Crippen LogP contribution in [0.3, 0.4) is 0 Å². The Bertz CT molecular complexity index is 890. The summed E-state index contributed by atoms with van der Waals surface area (Å²) in [4.78, 5) is 36.7. The Hall–Kier alpha value is -2.61. The van der Waals surface area contributed by atoms with Gasteiger partial charge in [0.05, 0.1) is 19.1 Å². The highest BCUT2D eigenvalue weighted by atomic mass is 16.5. The Morgan fingerprint density at radius 2 is 2.22 bits per heavy atom. The van der Waals surface area contributed by atoms with Crippen molar-refractivity contribution < 1.29 is 13.9 Å². The molecule has 0 aromatic carbocycles. The van der Waals surface area contributed by atoms with Crippen molar-refractivity contribution in [3.63, 3.8) is 0 Å². The van der Waals surface area contributed by atoms with Crippen LogP contribution in [0.1, 0.15) is 34.8 Å². The molecule has 3 aliphatic heterocycles. The highest BCUT2D eigenvalue weighted by molar-refractivity contribution is 5.91. The summed E-state index contributed by atoms with van der Waals surface area (Å²) in [5, 5.41) is 0. The molecule has 0 radical (unpaired) electrons. The number of piperidine rings is 1. The summed E-state index contributed by atoms with van der Waals surface area (Å²) in [6.07, 6.45) is 5.00. The van der Waals surface area contributed by atoms with Gasteiger partial charge in [0, 0.05) is 44.0 Å². The number of nitrogens with zero attached hydrogens (tertiary/aromatic N) is 3. The van der Waals surface area contributed by atoms with E-state index >= 15 is 0 Å². The highest BCUT2D eigenvalue weighted by Gasteiger charge is 2.38. The molecular weight excluding hydrogens is 348 g/mol. The molecule has 3 fully saturated rings. The summed E-state index contributed by atoms with van der Waals surface area (Å²) >= 11 is 0. The molecule has 2 bridgehead atoms. The van der Waals surface area contributed by atoms with Crippen molar-refractivity contribution in [2.24, 2.45) is 5.92 Å². The number of carbonyl (C=O) groups excluding carboxylic acids is 1. The number of rotatable bonds is 4. The van der Waals surface area contributed by atoms with E-state index in [9.17, 15) is 9.59 Å². The van der Waals surface area contributed by atoms with Gasteiger partial charge in [-0.3, -0.25) is 14.5 Å². The zero-order valence-electron chi connectivity index (χ0n) is 15.6. The van der Waals surface area contributed by atoms with Crippen LogP contribution in [-0.2, 0) is 6.54 Å². The summed E-state index contributed by atoms with van der Waals surface area (Å²) in [6, 6.07) is 1.34. The number of ether oxygens (including phenoxy) is 1. The molecule has 3 saturated heterocycles. The fraction of sp³-hybridized carbons (Fsp3) is 0.526. The first-order chi connectivity index (χ1) is 13.0. The number of hydrogen-bond donors (Lipinski definition) is 1. The van der Waals surface area contributed by atoms with E-state index in [1.54, 1.807) is 6.33 Å². The first-order valence-electron chi connectivity index (χ1n) is 9.24. The molecule has 144 valence electrons. The van der Waals surface area contributed by atoms with Gasteiger partial charge >= 0.3 is 0 Å². The van der Waals surface area contributed by atoms with Gasteiger partial charge in [-0.15, -0.1) is 0 Å². The third-order valence-electron chi connectivity index (χ3n) is 5.59. The number of carbonyl (C=O) groups is 1. The quantitative estimate of drug-likeness (QED) is 0.873. The first kappa shape index (κ1) is 17.8. The molecule has 2 aromatic heterocycles. The van der Waals surface area contributed by atoms with Gasteiger partial charge in [0.1, 0.15) is 6.26 Å². The maximum atomic E-state index is 13.0. The molecule has 2 atom stereocenters. The van der Waals surface area contributed by atoms with E-state index in [0.29, 0.717) is 12.5 Å². The van der Waals surface area contributed by atoms with Gasteiger partial charge in [-0.1, -0.05) is 0 Å². The van der Waals surface area contributed by atoms with Crippen LogP contribution in [0.15, 0.2) is 27.9 Å². The van der Waals surface area contributed by atoms with Gasteiger partial charge in [-0.2, -0.15) is 0 Å². The zero-order chi connectivity index (χ0) is 19.0. The molecular formula is C19H24N4O4. The van der Waals surface area contributed by atoms with Crippen molar-refractivity contribution >= 4 is 5.91 Å². The second kappa shape index (κ2) is 7.19. The number of methoxy groups -OCH3 is 1. The smallest absolute Gasteiger partial charge is 0.290 e. The normalized spacial score (nSPS) is 22.7. The van der Waals surface area contributed by atoms with Crippen molar-refractivity contribution in [1.82, 2.24) is 19.8 Å². The summed E-state index contributed by atoms with van der Waals surface area (Å²) < 4.78 is 10.3. The lowest BCUT2D eigenvalue weighted by atomic mass is 9.95. The molecule has 5 rings (SSSR count). The Morgan fingerprint density at radius 3 is 2.93 bits per heavy atom. The second-order valence-electron chi connectivity index (χ2n) is 7.40. The van der Waals surface area contributed by atoms with Crippen LogP contribution in [0.25, 0.3) is 0 Å². The second-order valence-corrected chi connectivity index (χ2v) is 7.40. The molecule has 1 amide bonds. The number of aromatic amines is 1. The summed E-state index contributed by atoms with van der Waals surface area (Å²) in [5.74, 6) is 0.367. The maximum absolute atomic E-state index is 13.0. The van der Waals surface area contributed by atoms with Crippen LogP contribution in [0.5, 0.6) is 5.75 Å². The Morgan fingerprint density at radius 1 is 1.37 bits per heavy atom. The van der Waals surface area contributed by atoms with Crippen LogP contribution in [-0.4, -0.2) is 58.5 Å². The number of H-pyrrole nitrogens is 1. The molecule has 2 aromatic rings. The van der Waals surface area contributed by atoms with Crippen molar-refractivity contribution in [2.75, 3.05) is 26.7 Å². The SMILES string of the molecule is COc1coc(C(=O)N2C[C@@H]3CC[C@H]2CN(Cc2nc[nH]c2C)C3)cc1=O. The molecule has 0 spiro atoms. The third-order valence-corrected chi connectivity index (χ3v) is 5.59. The van der Waals surface area contributed by atoms with Gasteiger partial charge in [-0.25, -0.2) is 4.98 Å². The number of aromatic nitrogens is 2. The molecule has 0 aliphatic carbocycles. The largest absolute Gasteiger partial charge is 0.490 e. The molecule has 5 heterocycles. The van der Waals surface area contributed by atoms with E-state index in [4.69, 9.17) is 9.15 Å². The Labute approximate surface area is 157 Å². The average molecular weight is 372 g/mol. The van der Waals surface area contributed by atoms with E-state index in [1.165, 1.54) is 19.4 Å². The minimum absolute atomic E-state index is 0.0723. The lowest BCUT2D eigenvalue weighted by Crippen LogP contribution is -2.47. The van der Waals surface area contributed by atoms with Crippen LogP contribution in [0, 0.1) is 12.8 Å². The lowest BCUT2D eigenvalue weighted by Gasteiger charge is -2.35. The molecule has 3 aliphatic rings. The van der Waals surface area contributed by atoms with E-state index < -0.39 is 0 Å². The molecule has 1 N–H and O–H groups in total. The average Bonchev–Trinajstić information content (AvgIpc) is 2.88. The fourth-order valence-electron chi connectivity index (χ4n) is 4.12. The Kier molecular flexibility index (Phi) is 4.73. The van der Waals surface area contributed by atoms with Gasteiger partial charge in [0.2, 0.25) is 11.2 Å². The van der Waals surface area contributed by atoms with E-state index in [0.717, 1.165) is 43.9 Å².